The van der Waals surface area contributed by atoms with Crippen molar-refractivity contribution in [2.24, 2.45) is 21.7 Å². The van der Waals surface area contributed by atoms with Gasteiger partial charge in [-0.3, -0.25) is 0 Å². The molecule has 22 heavy (non-hydrogen) atoms. The highest BCUT2D eigenvalue weighted by Gasteiger charge is 2.05. The van der Waals surface area contributed by atoms with Crippen LogP contribution in [0.4, 0.5) is 0 Å². The Balaban J connectivity index is 2.06. The van der Waals surface area contributed by atoms with Crippen LogP contribution in [-0.4, -0.2) is 12.2 Å². The zero-order valence-electron chi connectivity index (χ0n) is 11.5. The van der Waals surface area contributed by atoms with E-state index in [1.54, 1.807) is 6.07 Å². The lowest BCUT2D eigenvalue weighted by Crippen LogP contribution is -2.21. The lowest BCUT2D eigenvalue weighted by Gasteiger charge is -2.09. The minimum Gasteiger partial charge on any atom is -0.489 e. The molecule has 0 atom stereocenters. The van der Waals surface area contributed by atoms with E-state index in [9.17, 15) is 0 Å². The molecule has 0 bridgehead atoms. The summed E-state index contributed by atoms with van der Waals surface area (Å²) >= 11 is 12.1. The molecule has 0 aliphatic rings. The Hall–Kier alpha value is -2.24. The molecule has 114 valence electrons. The van der Waals surface area contributed by atoms with Crippen molar-refractivity contribution in [3.05, 3.63) is 63.6 Å². The van der Waals surface area contributed by atoms with Gasteiger partial charge >= 0.3 is 0 Å². The summed E-state index contributed by atoms with van der Waals surface area (Å²) in [6.45, 7) is 0.313. The van der Waals surface area contributed by atoms with Crippen molar-refractivity contribution < 1.29 is 4.74 Å². The van der Waals surface area contributed by atoms with Gasteiger partial charge in [-0.25, -0.2) is 0 Å². The maximum atomic E-state index is 6.12. The summed E-state index contributed by atoms with van der Waals surface area (Å²) in [5, 5.41) is 8.27. The minimum absolute atomic E-state index is 0.0979. The standard InChI is InChI=1S/C15H14Cl2N4O/c16-13-6-2-4-11(14(13)17)9-22-12-5-1-3-10(7-12)8-20-21-15(18)19/h1-8H,9H2,(H4,18,19,21). The van der Waals surface area contributed by atoms with Crippen molar-refractivity contribution in [3.63, 3.8) is 0 Å². The second-order valence-electron chi connectivity index (χ2n) is 4.34. The smallest absolute Gasteiger partial charge is 0.211 e. The first kappa shape index (κ1) is 16.1. The van der Waals surface area contributed by atoms with E-state index in [4.69, 9.17) is 39.4 Å². The second-order valence-corrected chi connectivity index (χ2v) is 5.13. The van der Waals surface area contributed by atoms with Gasteiger partial charge in [-0.2, -0.15) is 5.10 Å². The van der Waals surface area contributed by atoms with Gasteiger partial charge in [-0.15, -0.1) is 5.10 Å². The van der Waals surface area contributed by atoms with Crippen LogP contribution in [0.15, 0.2) is 52.7 Å². The van der Waals surface area contributed by atoms with Crippen molar-refractivity contribution >= 4 is 35.4 Å². The maximum Gasteiger partial charge on any atom is 0.211 e. The lowest BCUT2D eigenvalue weighted by molar-refractivity contribution is 0.306. The molecule has 0 radical (unpaired) electrons. The molecular weight excluding hydrogens is 323 g/mol. The summed E-state index contributed by atoms with van der Waals surface area (Å²) in [6.07, 6.45) is 1.53. The fourth-order valence-corrected chi connectivity index (χ4v) is 2.04. The maximum absolute atomic E-state index is 6.12. The number of nitrogens with two attached hydrogens (primary N) is 2. The van der Waals surface area contributed by atoms with Crippen molar-refractivity contribution in [1.82, 2.24) is 0 Å². The number of ether oxygens (including phenoxy) is 1. The van der Waals surface area contributed by atoms with Crippen LogP contribution in [0.1, 0.15) is 11.1 Å². The van der Waals surface area contributed by atoms with E-state index < -0.39 is 0 Å². The lowest BCUT2D eigenvalue weighted by atomic mass is 10.2. The van der Waals surface area contributed by atoms with Gasteiger partial charge in [-0.05, 0) is 23.8 Å². The molecule has 0 saturated heterocycles. The van der Waals surface area contributed by atoms with Gasteiger partial charge in [0.15, 0.2) is 0 Å². The first-order valence-electron chi connectivity index (χ1n) is 6.34. The molecule has 2 aromatic rings. The van der Waals surface area contributed by atoms with Gasteiger partial charge < -0.3 is 16.2 Å². The van der Waals surface area contributed by atoms with Crippen molar-refractivity contribution in [1.29, 1.82) is 0 Å². The molecule has 4 N–H and O–H groups in total. The average Bonchev–Trinajstić information content (AvgIpc) is 2.49. The highest BCUT2D eigenvalue weighted by molar-refractivity contribution is 6.42. The van der Waals surface area contributed by atoms with E-state index in [0.29, 0.717) is 22.4 Å². The molecule has 0 saturated carbocycles. The summed E-state index contributed by atoms with van der Waals surface area (Å²) in [4.78, 5) is 0. The van der Waals surface area contributed by atoms with E-state index in [2.05, 4.69) is 10.2 Å². The van der Waals surface area contributed by atoms with E-state index in [1.807, 2.05) is 36.4 Å². The minimum atomic E-state index is -0.0979. The van der Waals surface area contributed by atoms with Gasteiger partial charge in [0, 0.05) is 5.56 Å². The van der Waals surface area contributed by atoms with Gasteiger partial charge in [0.05, 0.1) is 16.3 Å². The van der Waals surface area contributed by atoms with Gasteiger partial charge in [0.2, 0.25) is 5.96 Å². The number of hydrogen-bond acceptors (Lipinski definition) is 3. The van der Waals surface area contributed by atoms with Crippen LogP contribution in [0.5, 0.6) is 5.75 Å². The molecule has 0 unspecified atom stereocenters. The Morgan fingerprint density at radius 1 is 1.14 bits per heavy atom. The number of hydrogen-bond donors (Lipinski definition) is 2. The highest BCUT2D eigenvalue weighted by atomic mass is 35.5. The summed E-state index contributed by atoms with van der Waals surface area (Å²) in [5.41, 5.74) is 12.0. The number of halogens is 2. The van der Waals surface area contributed by atoms with E-state index in [0.717, 1.165) is 11.1 Å². The van der Waals surface area contributed by atoms with Crippen molar-refractivity contribution in [2.75, 3.05) is 0 Å². The topological polar surface area (TPSA) is 86.0 Å². The van der Waals surface area contributed by atoms with E-state index in [-0.39, 0.29) is 5.96 Å². The van der Waals surface area contributed by atoms with Gasteiger partial charge in [0.25, 0.3) is 0 Å². The zero-order chi connectivity index (χ0) is 15.9. The third-order valence-corrected chi connectivity index (χ3v) is 3.52. The highest BCUT2D eigenvalue weighted by Crippen LogP contribution is 2.26. The Morgan fingerprint density at radius 3 is 2.68 bits per heavy atom. The van der Waals surface area contributed by atoms with Crippen molar-refractivity contribution in [2.45, 2.75) is 6.61 Å². The monoisotopic (exact) mass is 336 g/mol. The summed E-state index contributed by atoms with van der Waals surface area (Å²) in [7, 11) is 0. The van der Waals surface area contributed by atoms with Gasteiger partial charge in [0.1, 0.15) is 12.4 Å². The molecule has 0 heterocycles. The van der Waals surface area contributed by atoms with Crippen LogP contribution in [0.3, 0.4) is 0 Å². The Kier molecular flexibility index (Phi) is 5.63. The number of benzene rings is 2. The molecule has 2 aromatic carbocycles. The van der Waals surface area contributed by atoms with E-state index >= 15 is 0 Å². The number of guanidine groups is 1. The van der Waals surface area contributed by atoms with Crippen LogP contribution < -0.4 is 16.2 Å². The molecular formula is C15H14Cl2N4O. The quantitative estimate of drug-likeness (QED) is 0.499. The third kappa shape index (κ3) is 4.65. The summed E-state index contributed by atoms with van der Waals surface area (Å²) < 4.78 is 5.71. The largest absolute Gasteiger partial charge is 0.489 e. The summed E-state index contributed by atoms with van der Waals surface area (Å²) in [5.74, 6) is 0.573. The summed E-state index contributed by atoms with van der Waals surface area (Å²) in [6, 6.07) is 12.7. The molecule has 0 spiro atoms. The number of nitrogens with zero attached hydrogens (tertiary/aromatic N) is 2. The Bertz CT molecular complexity index is 712. The Morgan fingerprint density at radius 2 is 1.91 bits per heavy atom. The molecule has 7 heteroatoms. The normalized spacial score (nSPS) is 10.6. The average molecular weight is 337 g/mol. The fourth-order valence-electron chi connectivity index (χ4n) is 1.67. The molecule has 2 rings (SSSR count). The van der Waals surface area contributed by atoms with E-state index in [1.165, 1.54) is 6.21 Å². The second kappa shape index (κ2) is 7.68. The van der Waals surface area contributed by atoms with Crippen LogP contribution in [-0.2, 0) is 6.61 Å². The molecule has 0 amide bonds. The van der Waals surface area contributed by atoms with Crippen LogP contribution in [0.25, 0.3) is 0 Å². The van der Waals surface area contributed by atoms with Crippen molar-refractivity contribution in [3.8, 4) is 5.75 Å². The molecule has 0 aliphatic carbocycles. The van der Waals surface area contributed by atoms with Crippen LogP contribution in [0, 0.1) is 0 Å². The molecule has 0 fully saturated rings. The molecule has 0 aliphatic heterocycles. The van der Waals surface area contributed by atoms with Gasteiger partial charge in [-0.1, -0.05) is 47.5 Å². The van der Waals surface area contributed by atoms with Crippen LogP contribution in [0.2, 0.25) is 10.0 Å². The first-order valence-corrected chi connectivity index (χ1v) is 7.09. The predicted molar refractivity (Wildman–Crippen MR) is 90.6 cm³/mol. The predicted octanol–water partition coefficient (Wildman–Crippen LogP) is 3.18. The zero-order valence-corrected chi connectivity index (χ0v) is 13.1. The Labute approximate surface area is 138 Å². The molecule has 0 aromatic heterocycles. The van der Waals surface area contributed by atoms with Crippen LogP contribution >= 0.6 is 23.2 Å². The first-order chi connectivity index (χ1) is 10.6. The molecule has 5 nitrogen and oxygen atoms in total. The SMILES string of the molecule is NC(N)=NN=Cc1cccc(OCc2cccc(Cl)c2Cl)c1. The fraction of sp³-hybridized carbons (Fsp3) is 0.0667. The number of rotatable bonds is 5. The third-order valence-electron chi connectivity index (χ3n) is 2.66.